The number of rotatable bonds is 12. The molecule has 0 rings (SSSR count). The number of carbonyl (C=O) groups excluding carboxylic acids is 1. The monoisotopic (exact) mass is 227 g/mol. The molecule has 0 heterocycles. The van der Waals surface area contributed by atoms with Crippen molar-refractivity contribution in [2.45, 2.75) is 65.2 Å². The van der Waals surface area contributed by atoms with Crippen LogP contribution in [-0.2, 0) is 4.79 Å². The molecule has 0 N–H and O–H groups in total. The van der Waals surface area contributed by atoms with Gasteiger partial charge in [0.2, 0.25) is 0 Å². The molecule has 2 heteroatoms. The second-order valence-corrected chi connectivity index (χ2v) is 4.46. The molecule has 0 aliphatic heterocycles. The Morgan fingerprint density at radius 3 is 1.81 bits per heavy atom. The summed E-state index contributed by atoms with van der Waals surface area (Å²) in [6.07, 6.45) is 10.8. The van der Waals surface area contributed by atoms with Crippen molar-refractivity contribution in [1.29, 1.82) is 0 Å². The summed E-state index contributed by atoms with van der Waals surface area (Å²) in [6.45, 7) is 8.09. The average molecular weight is 227 g/mol. The minimum Gasteiger partial charge on any atom is -0.304 e. The molecule has 0 saturated carbocycles. The fraction of sp³-hybridized carbons (Fsp3) is 0.929. The van der Waals surface area contributed by atoms with Crippen molar-refractivity contribution in [1.82, 2.24) is 4.90 Å². The Morgan fingerprint density at radius 1 is 0.812 bits per heavy atom. The Labute approximate surface area is 101 Å². The summed E-state index contributed by atoms with van der Waals surface area (Å²) >= 11 is 0. The maximum atomic E-state index is 10.1. The van der Waals surface area contributed by atoms with Crippen LogP contribution in [0.3, 0.4) is 0 Å². The highest BCUT2D eigenvalue weighted by Gasteiger charge is 1.97. The van der Waals surface area contributed by atoms with Crippen molar-refractivity contribution in [2.75, 3.05) is 19.6 Å². The second-order valence-electron chi connectivity index (χ2n) is 4.46. The van der Waals surface area contributed by atoms with Crippen LogP contribution in [0.2, 0.25) is 0 Å². The summed E-state index contributed by atoms with van der Waals surface area (Å²) in [5.74, 6) is 0. The number of nitrogens with zero attached hydrogens (tertiary/aromatic N) is 1. The molecule has 0 fully saturated rings. The van der Waals surface area contributed by atoms with Gasteiger partial charge in [0.15, 0.2) is 0 Å². The molecule has 0 atom stereocenters. The highest BCUT2D eigenvalue weighted by molar-refractivity contribution is 5.48. The first-order valence-corrected chi connectivity index (χ1v) is 7.01. The van der Waals surface area contributed by atoms with Crippen LogP contribution in [0.1, 0.15) is 65.2 Å². The van der Waals surface area contributed by atoms with Crippen LogP contribution in [0.5, 0.6) is 0 Å². The van der Waals surface area contributed by atoms with Gasteiger partial charge in [-0.1, -0.05) is 46.0 Å². The van der Waals surface area contributed by atoms with E-state index in [2.05, 4.69) is 18.7 Å². The van der Waals surface area contributed by atoms with Gasteiger partial charge in [0.25, 0.3) is 0 Å². The second kappa shape index (κ2) is 12.7. The molecule has 0 saturated heterocycles. The summed E-state index contributed by atoms with van der Waals surface area (Å²) in [5.41, 5.74) is 0. The normalized spacial score (nSPS) is 10.9. The van der Waals surface area contributed by atoms with E-state index in [1.807, 2.05) is 0 Å². The van der Waals surface area contributed by atoms with Gasteiger partial charge in [0.05, 0.1) is 0 Å². The van der Waals surface area contributed by atoms with E-state index in [0.717, 1.165) is 19.1 Å². The van der Waals surface area contributed by atoms with E-state index in [4.69, 9.17) is 0 Å². The molecule has 0 aromatic rings. The lowest BCUT2D eigenvalue weighted by atomic mass is 10.1. The molecule has 0 aliphatic carbocycles. The third-order valence-electron chi connectivity index (χ3n) is 3.19. The number of hydrogen-bond donors (Lipinski definition) is 0. The summed E-state index contributed by atoms with van der Waals surface area (Å²) in [7, 11) is 0. The van der Waals surface area contributed by atoms with Crippen LogP contribution in [-0.4, -0.2) is 30.8 Å². The average Bonchev–Trinajstić information content (AvgIpc) is 2.32. The van der Waals surface area contributed by atoms with Crippen molar-refractivity contribution >= 4 is 6.29 Å². The van der Waals surface area contributed by atoms with E-state index in [9.17, 15) is 4.79 Å². The lowest BCUT2D eigenvalue weighted by Gasteiger charge is -2.17. The summed E-state index contributed by atoms with van der Waals surface area (Å²) < 4.78 is 0. The SMILES string of the molecule is CCN(CC)CCCCCCCCCC=O. The first-order chi connectivity index (χ1) is 7.85. The van der Waals surface area contributed by atoms with Gasteiger partial charge in [-0.25, -0.2) is 0 Å². The highest BCUT2D eigenvalue weighted by Crippen LogP contribution is 2.08. The molecule has 0 aromatic carbocycles. The topological polar surface area (TPSA) is 20.3 Å². The van der Waals surface area contributed by atoms with Gasteiger partial charge < -0.3 is 9.69 Å². The number of hydrogen-bond acceptors (Lipinski definition) is 2. The Hall–Kier alpha value is -0.370. The molecule has 0 amide bonds. The number of carbonyl (C=O) groups is 1. The first-order valence-electron chi connectivity index (χ1n) is 7.01. The van der Waals surface area contributed by atoms with Crippen molar-refractivity contribution in [3.05, 3.63) is 0 Å². The van der Waals surface area contributed by atoms with Gasteiger partial charge in [-0.2, -0.15) is 0 Å². The first kappa shape index (κ1) is 15.6. The summed E-state index contributed by atoms with van der Waals surface area (Å²) in [5, 5.41) is 0. The van der Waals surface area contributed by atoms with E-state index in [1.165, 1.54) is 58.2 Å². The molecule has 0 radical (unpaired) electrons. The zero-order valence-corrected chi connectivity index (χ0v) is 11.2. The van der Waals surface area contributed by atoms with Crippen LogP contribution in [0, 0.1) is 0 Å². The van der Waals surface area contributed by atoms with Crippen molar-refractivity contribution in [2.24, 2.45) is 0 Å². The Kier molecular flexibility index (Phi) is 12.4. The fourth-order valence-corrected chi connectivity index (χ4v) is 1.99. The van der Waals surface area contributed by atoms with E-state index in [-0.39, 0.29) is 0 Å². The van der Waals surface area contributed by atoms with Crippen LogP contribution in [0.4, 0.5) is 0 Å². The highest BCUT2D eigenvalue weighted by atomic mass is 16.1. The predicted molar refractivity (Wildman–Crippen MR) is 70.8 cm³/mol. The van der Waals surface area contributed by atoms with Gasteiger partial charge in [-0.15, -0.1) is 0 Å². The maximum absolute atomic E-state index is 10.1. The van der Waals surface area contributed by atoms with E-state index < -0.39 is 0 Å². The Morgan fingerprint density at radius 2 is 1.31 bits per heavy atom. The van der Waals surface area contributed by atoms with Gasteiger partial charge in [0, 0.05) is 6.42 Å². The standard InChI is InChI=1S/C14H29NO/c1-3-15(4-2)13-11-9-7-5-6-8-10-12-14-16/h14H,3-13H2,1-2H3. The zero-order valence-electron chi connectivity index (χ0n) is 11.2. The zero-order chi connectivity index (χ0) is 12.1. The lowest BCUT2D eigenvalue weighted by Crippen LogP contribution is -2.23. The summed E-state index contributed by atoms with van der Waals surface area (Å²) in [4.78, 5) is 12.6. The Balaban J connectivity index is 3.06. The smallest absolute Gasteiger partial charge is 0.119 e. The minimum atomic E-state index is 0.752. The van der Waals surface area contributed by atoms with Crippen molar-refractivity contribution in [3.8, 4) is 0 Å². The molecular weight excluding hydrogens is 198 g/mol. The Bertz CT molecular complexity index is 144. The van der Waals surface area contributed by atoms with E-state index in [1.54, 1.807) is 0 Å². The van der Waals surface area contributed by atoms with Crippen molar-refractivity contribution < 1.29 is 4.79 Å². The molecule has 0 bridgehead atoms. The largest absolute Gasteiger partial charge is 0.304 e. The van der Waals surface area contributed by atoms with Gasteiger partial charge in [-0.05, 0) is 32.5 Å². The molecule has 96 valence electrons. The van der Waals surface area contributed by atoms with Crippen LogP contribution in [0.25, 0.3) is 0 Å². The number of unbranched alkanes of at least 4 members (excludes halogenated alkanes) is 7. The quantitative estimate of drug-likeness (QED) is 0.375. The van der Waals surface area contributed by atoms with Gasteiger partial charge in [0.1, 0.15) is 6.29 Å². The van der Waals surface area contributed by atoms with Crippen LogP contribution in [0.15, 0.2) is 0 Å². The fourth-order valence-electron chi connectivity index (χ4n) is 1.99. The summed E-state index contributed by atoms with van der Waals surface area (Å²) in [6, 6.07) is 0. The predicted octanol–water partition coefficient (Wildman–Crippen LogP) is 3.65. The van der Waals surface area contributed by atoms with Crippen LogP contribution < -0.4 is 0 Å². The molecule has 0 aliphatic rings. The molecule has 16 heavy (non-hydrogen) atoms. The maximum Gasteiger partial charge on any atom is 0.119 e. The molecule has 2 nitrogen and oxygen atoms in total. The van der Waals surface area contributed by atoms with Crippen LogP contribution >= 0.6 is 0 Å². The molecule has 0 unspecified atom stereocenters. The van der Waals surface area contributed by atoms with Gasteiger partial charge in [-0.3, -0.25) is 0 Å². The molecule has 0 spiro atoms. The third kappa shape index (κ3) is 10.2. The van der Waals surface area contributed by atoms with E-state index >= 15 is 0 Å². The minimum absolute atomic E-state index is 0.752. The molecule has 0 aromatic heterocycles. The van der Waals surface area contributed by atoms with E-state index in [0.29, 0.717) is 0 Å². The van der Waals surface area contributed by atoms with Crippen molar-refractivity contribution in [3.63, 3.8) is 0 Å². The molecular formula is C14H29NO. The van der Waals surface area contributed by atoms with Gasteiger partial charge >= 0.3 is 0 Å². The lowest BCUT2D eigenvalue weighted by molar-refractivity contribution is -0.107. The third-order valence-corrected chi connectivity index (χ3v) is 3.19. The number of aldehydes is 1.